The minimum Gasteiger partial charge on any atom is -0.389 e. The summed E-state index contributed by atoms with van der Waals surface area (Å²) in [5, 5.41) is 8.54. The van der Waals surface area contributed by atoms with Crippen LogP contribution in [0.15, 0.2) is 0 Å². The fourth-order valence-corrected chi connectivity index (χ4v) is 3.20. The molecule has 1 saturated heterocycles. The van der Waals surface area contributed by atoms with E-state index in [0.717, 1.165) is 47.9 Å². The first-order chi connectivity index (χ1) is 8.61. The number of thiocarbonyl (C=S) groups is 1. The summed E-state index contributed by atoms with van der Waals surface area (Å²) in [6.07, 6.45) is 1.16. The number of anilines is 1. The lowest BCUT2D eigenvalue weighted by molar-refractivity contribution is 0.779. The molecule has 1 fully saturated rings. The number of hydrogen-bond donors (Lipinski definition) is 1. The molecule has 0 amide bonds. The lowest BCUT2D eigenvalue weighted by atomic mass is 10.1. The van der Waals surface area contributed by atoms with Gasteiger partial charge in [0.05, 0.1) is 11.3 Å². The van der Waals surface area contributed by atoms with Gasteiger partial charge in [0.25, 0.3) is 0 Å². The van der Waals surface area contributed by atoms with Crippen LogP contribution in [0.5, 0.6) is 0 Å². The van der Waals surface area contributed by atoms with E-state index in [-0.39, 0.29) is 0 Å². The molecule has 1 aromatic rings. The van der Waals surface area contributed by atoms with Crippen LogP contribution in [0.1, 0.15) is 23.2 Å². The van der Waals surface area contributed by atoms with Crippen molar-refractivity contribution in [3.8, 4) is 0 Å². The first kappa shape index (κ1) is 13.5. The van der Waals surface area contributed by atoms with E-state index >= 15 is 0 Å². The van der Waals surface area contributed by atoms with Gasteiger partial charge < -0.3 is 10.6 Å². The van der Waals surface area contributed by atoms with Gasteiger partial charge in [-0.05, 0) is 31.6 Å². The van der Waals surface area contributed by atoms with Crippen molar-refractivity contribution in [2.24, 2.45) is 5.73 Å². The van der Waals surface area contributed by atoms with Crippen molar-refractivity contribution in [3.05, 3.63) is 16.8 Å². The Labute approximate surface area is 117 Å². The van der Waals surface area contributed by atoms with Crippen molar-refractivity contribution >= 4 is 34.8 Å². The van der Waals surface area contributed by atoms with Gasteiger partial charge in [0.1, 0.15) is 4.99 Å². The summed E-state index contributed by atoms with van der Waals surface area (Å²) >= 11 is 7.16. The third kappa shape index (κ3) is 2.75. The molecule has 1 aliphatic rings. The Hall–Kier alpha value is -0.880. The summed E-state index contributed by atoms with van der Waals surface area (Å²) in [6, 6.07) is 0. The van der Waals surface area contributed by atoms with E-state index in [4.69, 9.17) is 18.0 Å². The Morgan fingerprint density at radius 3 is 2.78 bits per heavy atom. The van der Waals surface area contributed by atoms with E-state index in [9.17, 15) is 0 Å². The van der Waals surface area contributed by atoms with Crippen LogP contribution in [0.4, 0.5) is 5.82 Å². The standard InChI is InChI=1S/C12H18N4S2/c1-8-9(2)14-15-12(10(8)11(13)17)16-4-3-6-18-7-5-16/h3-7H2,1-2H3,(H2,13,17). The van der Waals surface area contributed by atoms with Gasteiger partial charge in [-0.2, -0.15) is 16.9 Å². The van der Waals surface area contributed by atoms with Gasteiger partial charge in [0, 0.05) is 18.8 Å². The van der Waals surface area contributed by atoms with E-state index in [0.29, 0.717) is 4.99 Å². The second-order valence-electron chi connectivity index (χ2n) is 4.43. The Kier molecular flexibility index (Phi) is 4.40. The summed E-state index contributed by atoms with van der Waals surface area (Å²) in [4.78, 5) is 2.67. The van der Waals surface area contributed by atoms with Crippen molar-refractivity contribution < 1.29 is 0 Å². The van der Waals surface area contributed by atoms with Gasteiger partial charge in [-0.3, -0.25) is 0 Å². The molecular weight excluding hydrogens is 264 g/mol. The number of nitrogens with zero attached hydrogens (tertiary/aromatic N) is 3. The topological polar surface area (TPSA) is 55.0 Å². The molecule has 2 heterocycles. The lowest BCUT2D eigenvalue weighted by Crippen LogP contribution is -2.30. The Morgan fingerprint density at radius 2 is 2.06 bits per heavy atom. The maximum atomic E-state index is 5.86. The van der Waals surface area contributed by atoms with Crippen LogP contribution >= 0.6 is 24.0 Å². The molecule has 0 spiro atoms. The normalized spacial score (nSPS) is 16.4. The zero-order valence-corrected chi connectivity index (χ0v) is 12.4. The number of rotatable bonds is 2. The van der Waals surface area contributed by atoms with Crippen molar-refractivity contribution in [2.75, 3.05) is 29.5 Å². The van der Waals surface area contributed by atoms with Gasteiger partial charge in [-0.1, -0.05) is 12.2 Å². The Balaban J connectivity index is 2.42. The first-order valence-corrected chi connectivity index (χ1v) is 7.64. The monoisotopic (exact) mass is 282 g/mol. The molecule has 0 atom stereocenters. The van der Waals surface area contributed by atoms with E-state index in [2.05, 4.69) is 15.1 Å². The largest absolute Gasteiger partial charge is 0.389 e. The molecule has 4 nitrogen and oxygen atoms in total. The maximum Gasteiger partial charge on any atom is 0.161 e. The SMILES string of the molecule is Cc1nnc(N2CCCSCC2)c(C(N)=S)c1C. The molecule has 0 radical (unpaired) electrons. The molecule has 18 heavy (non-hydrogen) atoms. The van der Waals surface area contributed by atoms with E-state index in [1.807, 2.05) is 25.6 Å². The summed E-state index contributed by atoms with van der Waals surface area (Å²) in [7, 11) is 0. The van der Waals surface area contributed by atoms with Gasteiger partial charge in [0.2, 0.25) is 0 Å². The number of aryl methyl sites for hydroxylation is 1. The van der Waals surface area contributed by atoms with Crippen LogP contribution in [0.3, 0.4) is 0 Å². The average molecular weight is 282 g/mol. The van der Waals surface area contributed by atoms with Crippen LogP contribution in [0, 0.1) is 13.8 Å². The van der Waals surface area contributed by atoms with Crippen LogP contribution in [0.25, 0.3) is 0 Å². The molecule has 1 aliphatic heterocycles. The van der Waals surface area contributed by atoms with Gasteiger partial charge in [0.15, 0.2) is 5.82 Å². The lowest BCUT2D eigenvalue weighted by Gasteiger charge is -2.24. The number of hydrogen-bond acceptors (Lipinski definition) is 5. The van der Waals surface area contributed by atoms with Crippen LogP contribution in [-0.2, 0) is 0 Å². The van der Waals surface area contributed by atoms with Crippen molar-refractivity contribution in [1.82, 2.24) is 10.2 Å². The molecule has 0 aliphatic carbocycles. The highest BCUT2D eigenvalue weighted by Gasteiger charge is 2.20. The molecule has 0 unspecified atom stereocenters. The minimum atomic E-state index is 0.414. The maximum absolute atomic E-state index is 5.86. The van der Waals surface area contributed by atoms with Crippen LogP contribution in [0.2, 0.25) is 0 Å². The summed E-state index contributed by atoms with van der Waals surface area (Å²) in [6.45, 7) is 5.93. The number of nitrogens with two attached hydrogens (primary N) is 1. The molecule has 6 heteroatoms. The smallest absolute Gasteiger partial charge is 0.161 e. The fraction of sp³-hybridized carbons (Fsp3) is 0.583. The highest BCUT2D eigenvalue weighted by Crippen LogP contribution is 2.24. The number of aromatic nitrogens is 2. The molecular formula is C12H18N4S2. The summed E-state index contributed by atoms with van der Waals surface area (Å²) in [5.74, 6) is 3.18. The van der Waals surface area contributed by atoms with Crippen molar-refractivity contribution in [3.63, 3.8) is 0 Å². The highest BCUT2D eigenvalue weighted by atomic mass is 32.2. The number of thioether (sulfide) groups is 1. The van der Waals surface area contributed by atoms with Crippen LogP contribution < -0.4 is 10.6 Å². The molecule has 0 aromatic carbocycles. The third-order valence-electron chi connectivity index (χ3n) is 3.20. The van der Waals surface area contributed by atoms with Gasteiger partial charge in [-0.25, -0.2) is 0 Å². The molecule has 1 aromatic heterocycles. The molecule has 2 rings (SSSR count). The van der Waals surface area contributed by atoms with Gasteiger partial charge >= 0.3 is 0 Å². The Morgan fingerprint density at radius 1 is 1.28 bits per heavy atom. The van der Waals surface area contributed by atoms with E-state index in [1.165, 1.54) is 5.75 Å². The molecule has 0 saturated carbocycles. The van der Waals surface area contributed by atoms with Crippen molar-refractivity contribution in [1.29, 1.82) is 0 Å². The second kappa shape index (κ2) is 5.84. The van der Waals surface area contributed by atoms with Crippen molar-refractivity contribution in [2.45, 2.75) is 20.3 Å². The van der Waals surface area contributed by atoms with Crippen LogP contribution in [-0.4, -0.2) is 39.8 Å². The summed E-state index contributed by atoms with van der Waals surface area (Å²) in [5.41, 5.74) is 8.69. The Bertz CT molecular complexity index is 454. The second-order valence-corrected chi connectivity index (χ2v) is 6.09. The first-order valence-electron chi connectivity index (χ1n) is 6.07. The molecule has 98 valence electrons. The predicted molar refractivity (Wildman–Crippen MR) is 81.5 cm³/mol. The van der Waals surface area contributed by atoms with Gasteiger partial charge in [-0.15, -0.1) is 5.10 Å². The minimum absolute atomic E-state index is 0.414. The highest BCUT2D eigenvalue weighted by molar-refractivity contribution is 7.99. The predicted octanol–water partition coefficient (Wildman–Crippen LogP) is 1.67. The zero-order chi connectivity index (χ0) is 13.1. The molecule has 2 N–H and O–H groups in total. The van der Waals surface area contributed by atoms with E-state index in [1.54, 1.807) is 0 Å². The summed E-state index contributed by atoms with van der Waals surface area (Å²) < 4.78 is 0. The molecule has 0 bridgehead atoms. The fourth-order valence-electron chi connectivity index (χ4n) is 2.07. The van der Waals surface area contributed by atoms with E-state index < -0.39 is 0 Å². The average Bonchev–Trinajstić information content (AvgIpc) is 2.60. The zero-order valence-electron chi connectivity index (χ0n) is 10.8. The third-order valence-corrected chi connectivity index (χ3v) is 4.46. The quantitative estimate of drug-likeness (QED) is 0.833.